The molecule has 35 heavy (non-hydrogen) atoms. The lowest BCUT2D eigenvalue weighted by molar-refractivity contribution is -0.131. The minimum absolute atomic E-state index is 0.0503. The SMILES string of the molecule is CNC(=O)C(CCC=O)N(C=O)C(=O)c1cc(OCCCCCCc2ccc(N)nc2)ccc1C. The third kappa shape index (κ3) is 8.51. The molecule has 0 saturated heterocycles. The zero-order valence-corrected chi connectivity index (χ0v) is 20.4. The molecule has 3 amide bonds. The average Bonchev–Trinajstić information content (AvgIpc) is 2.87. The Morgan fingerprint density at radius 2 is 1.91 bits per heavy atom. The highest BCUT2D eigenvalue weighted by molar-refractivity contribution is 6.04. The van der Waals surface area contributed by atoms with Gasteiger partial charge < -0.3 is 20.6 Å². The van der Waals surface area contributed by atoms with Gasteiger partial charge in [0.2, 0.25) is 12.3 Å². The van der Waals surface area contributed by atoms with E-state index in [0.717, 1.165) is 37.0 Å². The van der Waals surface area contributed by atoms with Crippen molar-refractivity contribution in [3.05, 3.63) is 53.2 Å². The van der Waals surface area contributed by atoms with Crippen molar-refractivity contribution in [3.8, 4) is 5.75 Å². The van der Waals surface area contributed by atoms with Crippen LogP contribution >= 0.6 is 0 Å². The Hall–Kier alpha value is -3.75. The molecule has 9 nitrogen and oxygen atoms in total. The predicted molar refractivity (Wildman–Crippen MR) is 133 cm³/mol. The zero-order chi connectivity index (χ0) is 25.6. The maximum absolute atomic E-state index is 13.1. The number of aryl methyl sites for hydroxylation is 2. The number of aromatic nitrogens is 1. The fourth-order valence-electron chi connectivity index (χ4n) is 3.67. The number of unbranched alkanes of at least 4 members (excludes halogenated alkanes) is 3. The van der Waals surface area contributed by atoms with Crippen LogP contribution in [0.2, 0.25) is 0 Å². The average molecular weight is 483 g/mol. The largest absolute Gasteiger partial charge is 0.494 e. The van der Waals surface area contributed by atoms with Gasteiger partial charge in [0.25, 0.3) is 5.91 Å². The van der Waals surface area contributed by atoms with E-state index in [1.54, 1.807) is 31.3 Å². The second-order valence-corrected chi connectivity index (χ2v) is 8.27. The Morgan fingerprint density at radius 3 is 2.57 bits per heavy atom. The van der Waals surface area contributed by atoms with Crippen LogP contribution in [0.25, 0.3) is 0 Å². The van der Waals surface area contributed by atoms with Crippen LogP contribution in [0, 0.1) is 6.92 Å². The summed E-state index contributed by atoms with van der Waals surface area (Å²) < 4.78 is 5.83. The number of nitrogens with one attached hydrogen (secondary N) is 1. The number of likely N-dealkylation sites (N-methyl/N-ethyl adjacent to an activating group) is 1. The number of nitrogens with two attached hydrogens (primary N) is 1. The summed E-state index contributed by atoms with van der Waals surface area (Å²) in [4.78, 5) is 52.8. The van der Waals surface area contributed by atoms with Crippen molar-refractivity contribution in [1.82, 2.24) is 15.2 Å². The topological polar surface area (TPSA) is 132 Å². The number of amides is 3. The van der Waals surface area contributed by atoms with Gasteiger partial charge in [0, 0.05) is 25.2 Å². The molecule has 0 spiro atoms. The highest BCUT2D eigenvalue weighted by Gasteiger charge is 2.30. The number of nitrogen functional groups attached to an aromatic ring is 1. The monoisotopic (exact) mass is 482 g/mol. The molecule has 0 bridgehead atoms. The van der Waals surface area contributed by atoms with Crippen molar-refractivity contribution in [2.45, 2.75) is 57.9 Å². The molecular weight excluding hydrogens is 448 g/mol. The van der Waals surface area contributed by atoms with Crippen molar-refractivity contribution < 1.29 is 23.9 Å². The van der Waals surface area contributed by atoms with Crippen LogP contribution in [0.5, 0.6) is 5.75 Å². The Balaban J connectivity index is 1.90. The number of benzene rings is 1. The summed E-state index contributed by atoms with van der Waals surface area (Å²) in [7, 11) is 1.42. The Morgan fingerprint density at radius 1 is 1.14 bits per heavy atom. The summed E-state index contributed by atoms with van der Waals surface area (Å²) >= 11 is 0. The van der Waals surface area contributed by atoms with Crippen molar-refractivity contribution >= 4 is 30.3 Å². The van der Waals surface area contributed by atoms with Crippen LogP contribution in [0.1, 0.15) is 60.0 Å². The summed E-state index contributed by atoms with van der Waals surface area (Å²) in [5.74, 6) is -0.0818. The third-order valence-corrected chi connectivity index (χ3v) is 5.71. The first kappa shape index (κ1) is 27.5. The molecule has 1 aromatic carbocycles. The molecule has 1 atom stereocenters. The van der Waals surface area contributed by atoms with E-state index in [4.69, 9.17) is 10.5 Å². The van der Waals surface area contributed by atoms with Crippen LogP contribution in [-0.4, -0.2) is 54.1 Å². The fraction of sp³-hybridized carbons (Fsp3) is 0.423. The van der Waals surface area contributed by atoms with Crippen molar-refractivity contribution in [1.29, 1.82) is 0 Å². The summed E-state index contributed by atoms with van der Waals surface area (Å²) in [6.07, 6.45) is 7.82. The van der Waals surface area contributed by atoms with E-state index in [1.165, 1.54) is 12.6 Å². The second-order valence-electron chi connectivity index (χ2n) is 8.27. The minimum Gasteiger partial charge on any atom is -0.494 e. The first-order chi connectivity index (χ1) is 16.9. The van der Waals surface area contributed by atoms with Crippen LogP contribution < -0.4 is 15.8 Å². The Labute approximate surface area is 206 Å². The van der Waals surface area contributed by atoms with Gasteiger partial charge in [-0.1, -0.05) is 25.0 Å². The molecule has 0 saturated carbocycles. The molecule has 0 aliphatic heterocycles. The van der Waals surface area contributed by atoms with Gasteiger partial charge in [-0.05, 0) is 61.9 Å². The molecule has 3 N–H and O–H groups in total. The van der Waals surface area contributed by atoms with E-state index < -0.39 is 17.9 Å². The minimum atomic E-state index is -1.07. The standard InChI is InChI=1S/C26H34N4O5/c1-19-10-12-21(35-15-6-4-3-5-8-20-11-13-24(27)29-17-20)16-22(19)26(34)30(18-32)23(9-7-14-31)25(33)28-2/h10-14,16-18,23H,3-9,15H2,1-2H3,(H2,27,29)(H,28,33). The Kier molecular flexibility index (Phi) is 11.4. The first-order valence-electron chi connectivity index (χ1n) is 11.8. The fourth-order valence-corrected chi connectivity index (χ4v) is 3.67. The normalized spacial score (nSPS) is 11.4. The predicted octanol–water partition coefficient (Wildman–Crippen LogP) is 2.85. The lowest BCUT2D eigenvalue weighted by Gasteiger charge is -2.25. The van der Waals surface area contributed by atoms with Gasteiger partial charge in [0.15, 0.2) is 0 Å². The molecule has 2 aromatic rings. The summed E-state index contributed by atoms with van der Waals surface area (Å²) in [6.45, 7) is 2.24. The molecule has 0 radical (unpaired) electrons. The summed E-state index contributed by atoms with van der Waals surface area (Å²) in [5.41, 5.74) is 7.69. The van der Waals surface area contributed by atoms with E-state index in [9.17, 15) is 19.2 Å². The zero-order valence-electron chi connectivity index (χ0n) is 20.4. The van der Waals surface area contributed by atoms with Gasteiger partial charge in [-0.3, -0.25) is 19.3 Å². The van der Waals surface area contributed by atoms with Crippen molar-refractivity contribution in [3.63, 3.8) is 0 Å². The number of aldehydes is 1. The number of pyridine rings is 1. The number of carbonyl (C=O) groups is 4. The lowest BCUT2D eigenvalue weighted by atomic mass is 10.0. The van der Waals surface area contributed by atoms with Crippen LogP contribution in [0.15, 0.2) is 36.5 Å². The number of nitrogens with zero attached hydrogens (tertiary/aromatic N) is 2. The second kappa shape index (κ2) is 14.5. The summed E-state index contributed by atoms with van der Waals surface area (Å²) in [5, 5.41) is 2.44. The van der Waals surface area contributed by atoms with Gasteiger partial charge in [0.05, 0.1) is 6.61 Å². The molecule has 1 heterocycles. The number of carbonyl (C=O) groups excluding carboxylic acids is 4. The number of anilines is 1. The van der Waals surface area contributed by atoms with Gasteiger partial charge in [-0.15, -0.1) is 0 Å². The van der Waals surface area contributed by atoms with E-state index in [2.05, 4.69) is 10.3 Å². The highest BCUT2D eigenvalue weighted by Crippen LogP contribution is 2.21. The molecule has 188 valence electrons. The number of rotatable bonds is 15. The lowest BCUT2D eigenvalue weighted by Crippen LogP contribution is -2.48. The molecule has 0 aliphatic rings. The maximum Gasteiger partial charge on any atom is 0.261 e. The van der Waals surface area contributed by atoms with E-state index in [-0.39, 0.29) is 18.4 Å². The van der Waals surface area contributed by atoms with E-state index in [1.807, 2.05) is 12.1 Å². The molecule has 1 unspecified atom stereocenters. The van der Waals surface area contributed by atoms with Crippen LogP contribution in [0.4, 0.5) is 5.82 Å². The van der Waals surface area contributed by atoms with Crippen LogP contribution in [0.3, 0.4) is 0 Å². The van der Waals surface area contributed by atoms with Gasteiger partial charge in [-0.25, -0.2) is 4.98 Å². The van der Waals surface area contributed by atoms with E-state index >= 15 is 0 Å². The maximum atomic E-state index is 13.1. The van der Waals surface area contributed by atoms with Gasteiger partial charge in [0.1, 0.15) is 23.9 Å². The summed E-state index contributed by atoms with van der Waals surface area (Å²) in [6, 6.07) is 7.83. The van der Waals surface area contributed by atoms with Crippen molar-refractivity contribution in [2.75, 3.05) is 19.4 Å². The third-order valence-electron chi connectivity index (χ3n) is 5.71. The molecule has 2 rings (SSSR count). The quantitative estimate of drug-likeness (QED) is 0.295. The number of hydrogen-bond acceptors (Lipinski definition) is 7. The van der Waals surface area contributed by atoms with E-state index in [0.29, 0.717) is 36.4 Å². The number of hydrogen-bond donors (Lipinski definition) is 2. The van der Waals surface area contributed by atoms with Gasteiger partial charge >= 0.3 is 0 Å². The molecule has 9 heteroatoms. The first-order valence-corrected chi connectivity index (χ1v) is 11.8. The Bertz CT molecular complexity index is 994. The number of imide groups is 1. The van der Waals surface area contributed by atoms with Gasteiger partial charge in [-0.2, -0.15) is 0 Å². The van der Waals surface area contributed by atoms with Crippen LogP contribution in [-0.2, 0) is 20.8 Å². The van der Waals surface area contributed by atoms with Crippen molar-refractivity contribution in [2.24, 2.45) is 0 Å². The molecule has 0 aliphatic carbocycles. The number of ether oxygens (including phenoxy) is 1. The molecular formula is C26H34N4O5. The molecule has 0 fully saturated rings. The molecule has 1 aromatic heterocycles. The smallest absolute Gasteiger partial charge is 0.261 e. The highest BCUT2D eigenvalue weighted by atomic mass is 16.5.